The molecule has 0 spiro atoms. The Balaban J connectivity index is 1.88. The van der Waals surface area contributed by atoms with E-state index in [1.165, 1.54) is 32.1 Å². The van der Waals surface area contributed by atoms with Crippen LogP contribution >= 0.6 is 0 Å². The van der Waals surface area contributed by atoms with Crippen molar-refractivity contribution in [2.24, 2.45) is 11.8 Å². The molecular weight excluding hydrogens is 334 g/mol. The van der Waals surface area contributed by atoms with Crippen molar-refractivity contribution in [3.8, 4) is 6.19 Å². The summed E-state index contributed by atoms with van der Waals surface area (Å²) in [4.78, 5) is 27.2. The van der Waals surface area contributed by atoms with Gasteiger partial charge in [-0.15, -0.1) is 0 Å². The first-order valence-corrected chi connectivity index (χ1v) is 9.74. The molecule has 7 heteroatoms. The van der Waals surface area contributed by atoms with Gasteiger partial charge in [0.05, 0.1) is 13.2 Å². The maximum absolute atomic E-state index is 12.4. The van der Waals surface area contributed by atoms with Gasteiger partial charge in [0.25, 0.3) is 0 Å². The normalized spacial score (nSPS) is 19.7. The van der Waals surface area contributed by atoms with Crippen molar-refractivity contribution in [3.63, 3.8) is 0 Å². The van der Waals surface area contributed by atoms with Crippen LogP contribution in [0.15, 0.2) is 0 Å². The molecule has 1 saturated heterocycles. The lowest BCUT2D eigenvalue weighted by molar-refractivity contribution is -0.135. The molecule has 2 aliphatic rings. The van der Waals surface area contributed by atoms with Crippen LogP contribution in [0.4, 0.5) is 4.79 Å². The standard InChI is InChI=1S/C19H31N3O4/c1-15(2)17(12-16-6-4-3-5-7-16)26-19(24)22(14-20)13-18(23)21-8-10-25-11-9-21/h15-17H,3-13H2,1-2H3/t17-/m0/s1. The van der Waals surface area contributed by atoms with Crippen molar-refractivity contribution >= 4 is 12.0 Å². The van der Waals surface area contributed by atoms with E-state index in [9.17, 15) is 14.9 Å². The zero-order valence-electron chi connectivity index (χ0n) is 16.0. The second kappa shape index (κ2) is 10.4. The first-order valence-electron chi connectivity index (χ1n) is 9.74. The molecule has 2 rings (SSSR count). The molecule has 26 heavy (non-hydrogen) atoms. The van der Waals surface area contributed by atoms with Crippen molar-refractivity contribution in [1.82, 2.24) is 9.80 Å². The van der Waals surface area contributed by atoms with Gasteiger partial charge in [-0.2, -0.15) is 5.26 Å². The maximum atomic E-state index is 12.4. The summed E-state index contributed by atoms with van der Waals surface area (Å²) in [6.45, 7) is 5.72. The summed E-state index contributed by atoms with van der Waals surface area (Å²) in [7, 11) is 0. The van der Waals surface area contributed by atoms with Gasteiger partial charge in [0.2, 0.25) is 5.91 Å². The van der Waals surface area contributed by atoms with E-state index >= 15 is 0 Å². The van der Waals surface area contributed by atoms with E-state index in [4.69, 9.17) is 9.47 Å². The zero-order valence-corrected chi connectivity index (χ0v) is 16.0. The van der Waals surface area contributed by atoms with Crippen LogP contribution in [0.25, 0.3) is 0 Å². The van der Waals surface area contributed by atoms with Crippen LogP contribution in [0, 0.1) is 23.3 Å². The largest absolute Gasteiger partial charge is 0.445 e. The molecule has 146 valence electrons. The molecule has 1 saturated carbocycles. The number of amides is 2. The molecule has 1 heterocycles. The van der Waals surface area contributed by atoms with Crippen molar-refractivity contribution < 1.29 is 19.1 Å². The summed E-state index contributed by atoms with van der Waals surface area (Å²) < 4.78 is 10.8. The van der Waals surface area contributed by atoms with Crippen LogP contribution in [0.2, 0.25) is 0 Å². The Morgan fingerprint density at radius 3 is 2.46 bits per heavy atom. The Morgan fingerprint density at radius 1 is 1.23 bits per heavy atom. The summed E-state index contributed by atoms with van der Waals surface area (Å²) in [5.41, 5.74) is 0. The van der Waals surface area contributed by atoms with Crippen molar-refractivity contribution in [3.05, 3.63) is 0 Å². The number of hydrogen-bond acceptors (Lipinski definition) is 5. The lowest BCUT2D eigenvalue weighted by Crippen LogP contribution is -2.46. The minimum atomic E-state index is -0.719. The minimum absolute atomic E-state index is 0.177. The lowest BCUT2D eigenvalue weighted by atomic mass is 9.83. The van der Waals surface area contributed by atoms with Gasteiger partial charge in [-0.05, 0) is 18.3 Å². The van der Waals surface area contributed by atoms with Gasteiger partial charge in [-0.1, -0.05) is 46.0 Å². The average molecular weight is 365 g/mol. The van der Waals surface area contributed by atoms with Gasteiger partial charge < -0.3 is 14.4 Å². The Morgan fingerprint density at radius 2 is 1.88 bits per heavy atom. The van der Waals surface area contributed by atoms with E-state index in [1.807, 2.05) is 13.8 Å². The predicted octanol–water partition coefficient (Wildman–Crippen LogP) is 2.76. The third-order valence-electron chi connectivity index (χ3n) is 5.28. The van der Waals surface area contributed by atoms with E-state index in [-0.39, 0.29) is 24.5 Å². The Hall–Kier alpha value is -1.81. The van der Waals surface area contributed by atoms with Crippen molar-refractivity contribution in [2.45, 2.75) is 58.5 Å². The molecule has 1 aliphatic heterocycles. The molecular formula is C19H31N3O4. The number of carbonyl (C=O) groups excluding carboxylic acids is 2. The summed E-state index contributed by atoms with van der Waals surface area (Å²) >= 11 is 0. The molecule has 0 aromatic heterocycles. The third-order valence-corrected chi connectivity index (χ3v) is 5.28. The molecule has 0 bridgehead atoms. The highest BCUT2D eigenvalue weighted by molar-refractivity contribution is 5.83. The van der Waals surface area contributed by atoms with Gasteiger partial charge in [-0.25, -0.2) is 9.69 Å². The van der Waals surface area contributed by atoms with Gasteiger partial charge in [0, 0.05) is 13.1 Å². The van der Waals surface area contributed by atoms with Crippen LogP contribution < -0.4 is 0 Å². The molecule has 2 amide bonds. The predicted molar refractivity (Wildman–Crippen MR) is 96.0 cm³/mol. The number of hydrogen-bond donors (Lipinski definition) is 0. The van der Waals surface area contributed by atoms with E-state index in [2.05, 4.69) is 0 Å². The second-order valence-electron chi connectivity index (χ2n) is 7.59. The number of nitriles is 1. The van der Waals surface area contributed by atoms with Crippen LogP contribution in [0.3, 0.4) is 0 Å². The summed E-state index contributed by atoms with van der Waals surface area (Å²) in [6.07, 6.45) is 7.81. The first kappa shape index (κ1) is 20.5. The summed E-state index contributed by atoms with van der Waals surface area (Å²) in [6, 6.07) is 0. The molecule has 0 N–H and O–H groups in total. The molecule has 2 fully saturated rings. The van der Waals surface area contributed by atoms with Gasteiger partial charge in [0.1, 0.15) is 12.6 Å². The highest BCUT2D eigenvalue weighted by atomic mass is 16.6. The van der Waals surface area contributed by atoms with Crippen molar-refractivity contribution in [2.75, 3.05) is 32.8 Å². The minimum Gasteiger partial charge on any atom is -0.445 e. The number of morpholine rings is 1. The maximum Gasteiger partial charge on any atom is 0.423 e. The number of ether oxygens (including phenoxy) is 2. The second-order valence-corrected chi connectivity index (χ2v) is 7.59. The highest BCUT2D eigenvalue weighted by Crippen LogP contribution is 2.30. The number of carbonyl (C=O) groups is 2. The molecule has 7 nitrogen and oxygen atoms in total. The highest BCUT2D eigenvalue weighted by Gasteiger charge is 2.28. The van der Waals surface area contributed by atoms with Crippen LogP contribution in [0.1, 0.15) is 52.4 Å². The summed E-state index contributed by atoms with van der Waals surface area (Å²) in [5.74, 6) is 0.506. The average Bonchev–Trinajstić information content (AvgIpc) is 2.66. The van der Waals surface area contributed by atoms with Gasteiger partial charge in [-0.3, -0.25) is 4.79 Å². The fraction of sp³-hybridized carbons (Fsp3) is 0.842. The quantitative estimate of drug-likeness (QED) is 0.534. The zero-order chi connectivity index (χ0) is 18.9. The Kier molecular flexibility index (Phi) is 8.17. The smallest absolute Gasteiger partial charge is 0.423 e. The third kappa shape index (κ3) is 6.17. The fourth-order valence-electron chi connectivity index (χ4n) is 3.59. The van der Waals surface area contributed by atoms with Crippen LogP contribution in [-0.4, -0.2) is 60.8 Å². The molecule has 0 aromatic rings. The first-order chi connectivity index (χ1) is 12.5. The molecule has 0 unspecified atom stereocenters. The SMILES string of the molecule is CC(C)[C@H](CC1CCCCC1)OC(=O)N(C#N)CC(=O)N1CCOCC1. The van der Waals surface area contributed by atoms with E-state index in [1.54, 1.807) is 11.1 Å². The van der Waals surface area contributed by atoms with Crippen LogP contribution in [0.5, 0.6) is 0 Å². The van der Waals surface area contributed by atoms with Crippen molar-refractivity contribution in [1.29, 1.82) is 5.26 Å². The Bertz CT molecular complexity index is 505. The summed E-state index contributed by atoms with van der Waals surface area (Å²) in [5, 5.41) is 9.30. The fourth-order valence-corrected chi connectivity index (χ4v) is 3.59. The van der Waals surface area contributed by atoms with E-state index in [0.717, 1.165) is 11.3 Å². The number of rotatable bonds is 6. The van der Waals surface area contributed by atoms with E-state index < -0.39 is 6.09 Å². The van der Waals surface area contributed by atoms with Gasteiger partial charge >= 0.3 is 6.09 Å². The topological polar surface area (TPSA) is 82.9 Å². The molecule has 0 radical (unpaired) electrons. The van der Waals surface area contributed by atoms with E-state index in [0.29, 0.717) is 32.2 Å². The molecule has 0 aromatic carbocycles. The Labute approximate surface area is 156 Å². The lowest BCUT2D eigenvalue weighted by Gasteiger charge is -2.30. The molecule has 1 atom stereocenters. The molecule has 1 aliphatic carbocycles. The monoisotopic (exact) mass is 365 g/mol. The van der Waals surface area contributed by atoms with Gasteiger partial charge in [0.15, 0.2) is 6.19 Å². The van der Waals surface area contributed by atoms with Crippen LogP contribution in [-0.2, 0) is 14.3 Å². The number of nitrogens with zero attached hydrogens (tertiary/aromatic N) is 3.